The van der Waals surface area contributed by atoms with Gasteiger partial charge in [-0.25, -0.2) is 4.99 Å². The van der Waals surface area contributed by atoms with E-state index in [9.17, 15) is 4.79 Å². The average Bonchev–Trinajstić information content (AvgIpc) is 3.30. The Hall–Kier alpha value is -3.50. The van der Waals surface area contributed by atoms with Crippen molar-refractivity contribution in [3.63, 3.8) is 0 Å². The summed E-state index contributed by atoms with van der Waals surface area (Å²) >= 11 is 10.5. The van der Waals surface area contributed by atoms with Crippen LogP contribution in [-0.2, 0) is 10.2 Å². The number of nitrogens with zero attached hydrogens (tertiary/aromatic N) is 2. The number of allylic oxidation sites excluding steroid dienone is 1. The quantitative estimate of drug-likeness (QED) is 0.105. The Balaban J connectivity index is 1.58. The van der Waals surface area contributed by atoms with Gasteiger partial charge >= 0.3 is 0 Å². The minimum absolute atomic E-state index is 0.0727. The number of carbonyl (C=O) groups is 1. The van der Waals surface area contributed by atoms with Crippen molar-refractivity contribution in [1.82, 2.24) is 14.8 Å². The van der Waals surface area contributed by atoms with Gasteiger partial charge in [0, 0.05) is 17.6 Å². The van der Waals surface area contributed by atoms with Crippen LogP contribution in [0.3, 0.4) is 0 Å². The third-order valence-electron chi connectivity index (χ3n) is 5.47. The van der Waals surface area contributed by atoms with E-state index in [1.54, 1.807) is 22.8 Å². The van der Waals surface area contributed by atoms with Gasteiger partial charge in [-0.2, -0.15) is 0 Å². The molecule has 0 saturated heterocycles. The van der Waals surface area contributed by atoms with Crippen LogP contribution < -0.4 is 10.1 Å². The number of aliphatic imine (C=N–C) groups is 1. The lowest BCUT2D eigenvalue weighted by Gasteiger charge is -2.18. The Morgan fingerprint density at radius 2 is 1.85 bits per heavy atom. The number of nitrogens with one attached hydrogen (secondary N) is 3. The van der Waals surface area contributed by atoms with Crippen molar-refractivity contribution >= 4 is 48.0 Å². The topological polar surface area (TPSA) is 96.4 Å². The van der Waals surface area contributed by atoms with Gasteiger partial charge in [-0.05, 0) is 66.4 Å². The predicted molar refractivity (Wildman–Crippen MR) is 133 cm³/mol. The number of ether oxygens (including phenoxy) is 2. The van der Waals surface area contributed by atoms with E-state index in [0.717, 1.165) is 16.9 Å². The maximum atomic E-state index is 12.8. The molecule has 2 aromatic carbocycles. The third kappa shape index (κ3) is 4.39. The Bertz CT molecular complexity index is 1350. The molecule has 0 fully saturated rings. The molecule has 170 valence electrons. The summed E-state index contributed by atoms with van der Waals surface area (Å²) in [5, 5.41) is 8.94. The van der Waals surface area contributed by atoms with E-state index >= 15 is 0 Å². The number of methoxy groups -OCH3 is 1. The third-order valence-corrected chi connectivity index (χ3v) is 6.04. The van der Waals surface area contributed by atoms with Crippen molar-refractivity contribution < 1.29 is 14.3 Å². The van der Waals surface area contributed by atoms with Gasteiger partial charge in [0.15, 0.2) is 21.7 Å². The monoisotopic (exact) mass is 481 g/mol. The first-order chi connectivity index (χ1) is 15.7. The van der Waals surface area contributed by atoms with Gasteiger partial charge < -0.3 is 14.8 Å². The van der Waals surface area contributed by atoms with Crippen molar-refractivity contribution in [2.24, 2.45) is 4.99 Å². The molecule has 0 amide bonds. The molecule has 1 aliphatic heterocycles. The molecular weight excluding hydrogens is 458 g/mol. The van der Waals surface area contributed by atoms with Crippen LogP contribution >= 0.6 is 24.4 Å². The zero-order valence-corrected chi connectivity index (χ0v) is 20.0. The predicted octanol–water partition coefficient (Wildman–Crippen LogP) is 5.38. The number of rotatable bonds is 7. The Labute approximate surface area is 201 Å². The summed E-state index contributed by atoms with van der Waals surface area (Å²) < 4.78 is 13.4. The fraction of sp³-hybridized carbons (Fsp3) is 0.217. The molecule has 3 N–H and O–H groups in total. The van der Waals surface area contributed by atoms with E-state index in [1.807, 2.05) is 18.2 Å². The van der Waals surface area contributed by atoms with Gasteiger partial charge in [-0.3, -0.25) is 19.6 Å². The maximum Gasteiger partial charge on any atom is 0.229 e. The zero-order chi connectivity index (χ0) is 23.8. The lowest BCUT2D eigenvalue weighted by atomic mass is 9.85. The van der Waals surface area contributed by atoms with Gasteiger partial charge in [-0.1, -0.05) is 20.4 Å². The molecular formula is C23H23N5O3S2. The smallest absolute Gasteiger partial charge is 0.229 e. The number of ketones is 1. The minimum Gasteiger partial charge on any atom is -0.493 e. The van der Waals surface area contributed by atoms with Crippen LogP contribution in [0, 0.1) is 9.54 Å². The number of H-pyrrole nitrogens is 2. The number of aromatic amines is 2. The van der Waals surface area contributed by atoms with E-state index in [4.69, 9.17) is 33.9 Å². The largest absolute Gasteiger partial charge is 0.493 e. The molecule has 2 heterocycles. The lowest BCUT2D eigenvalue weighted by Crippen LogP contribution is -2.18. The summed E-state index contributed by atoms with van der Waals surface area (Å²) in [6.07, 6.45) is 1.35. The lowest BCUT2D eigenvalue weighted by molar-refractivity contribution is 0.0956. The molecule has 0 spiro atoms. The first-order valence-electron chi connectivity index (χ1n) is 10.1. The summed E-state index contributed by atoms with van der Waals surface area (Å²) in [6, 6.07) is 10.9. The number of fused-ring (bicyclic) bond motifs is 1. The van der Waals surface area contributed by atoms with Gasteiger partial charge in [0.05, 0.1) is 24.0 Å². The van der Waals surface area contributed by atoms with Crippen molar-refractivity contribution in [3.8, 4) is 11.4 Å². The summed E-state index contributed by atoms with van der Waals surface area (Å²) in [5.41, 5.74) is 3.53. The molecule has 0 unspecified atom stereocenters. The highest BCUT2D eigenvalue weighted by atomic mass is 32.1. The zero-order valence-electron chi connectivity index (χ0n) is 18.4. The standard InChI is InChI=1S/C23H23N5O3S2/c1-13(30-4)20(29)17-9-14(10-18-19(17)24-11-23(18,2)3)25-12-31-16-7-5-15(6-8-16)28-21(32)26-27-22(28)33/h5-10,12,24H,1,11H2,2-4H3,(H,26,32)(H,27,33). The van der Waals surface area contributed by atoms with E-state index in [-0.39, 0.29) is 17.0 Å². The van der Waals surface area contributed by atoms with Crippen LogP contribution in [0.2, 0.25) is 0 Å². The second-order valence-corrected chi connectivity index (χ2v) is 8.93. The highest BCUT2D eigenvalue weighted by molar-refractivity contribution is 7.72. The number of hydrogen-bond donors (Lipinski definition) is 3. The molecule has 0 radical (unpaired) electrons. The highest BCUT2D eigenvalue weighted by Crippen LogP contribution is 2.41. The van der Waals surface area contributed by atoms with E-state index in [2.05, 4.69) is 40.9 Å². The summed E-state index contributed by atoms with van der Waals surface area (Å²) in [6.45, 7) is 8.63. The second-order valence-electron chi connectivity index (χ2n) is 8.15. The molecule has 1 aromatic heterocycles. The molecule has 8 nitrogen and oxygen atoms in total. The number of aromatic nitrogens is 3. The van der Waals surface area contributed by atoms with Gasteiger partial charge in [-0.15, -0.1) is 0 Å². The molecule has 0 aliphatic carbocycles. The molecule has 10 heteroatoms. The number of anilines is 1. The highest BCUT2D eigenvalue weighted by Gasteiger charge is 2.33. The number of hydrogen-bond acceptors (Lipinski definition) is 7. The number of benzene rings is 2. The molecule has 3 aromatic rings. The Morgan fingerprint density at radius 3 is 2.48 bits per heavy atom. The normalized spacial score (nSPS) is 14.0. The summed E-state index contributed by atoms with van der Waals surface area (Å²) in [4.78, 5) is 17.2. The van der Waals surface area contributed by atoms with E-state index in [0.29, 0.717) is 33.1 Å². The van der Waals surface area contributed by atoms with Crippen molar-refractivity contribution in [3.05, 3.63) is 69.4 Å². The van der Waals surface area contributed by atoms with Crippen LogP contribution in [0.25, 0.3) is 5.69 Å². The summed E-state index contributed by atoms with van der Waals surface area (Å²) in [7, 11) is 1.43. The SMILES string of the molecule is C=C(OC)C(=O)c1cc(N=COc2ccc(-n3c(=S)[nH][nH]c3=S)cc2)cc2c1NCC2(C)C. The second kappa shape index (κ2) is 8.80. The minimum atomic E-state index is -0.283. The fourth-order valence-electron chi connectivity index (χ4n) is 3.62. The van der Waals surface area contributed by atoms with Crippen molar-refractivity contribution in [2.75, 3.05) is 19.0 Å². The molecule has 0 saturated carbocycles. The van der Waals surface area contributed by atoms with Crippen LogP contribution in [0.5, 0.6) is 5.75 Å². The molecule has 33 heavy (non-hydrogen) atoms. The summed E-state index contributed by atoms with van der Waals surface area (Å²) in [5.74, 6) is 0.379. The van der Waals surface area contributed by atoms with Gasteiger partial charge in [0.1, 0.15) is 5.75 Å². The molecule has 1 aliphatic rings. The molecule has 0 atom stereocenters. The number of Topliss-reactive ketones (excluding diaryl/α,β-unsaturated/α-hetero) is 1. The van der Waals surface area contributed by atoms with Crippen LogP contribution in [0.4, 0.5) is 11.4 Å². The maximum absolute atomic E-state index is 12.8. The van der Waals surface area contributed by atoms with Crippen LogP contribution in [-0.4, -0.2) is 40.6 Å². The Kier molecular flexibility index (Phi) is 6.05. The first-order valence-corrected chi connectivity index (χ1v) is 10.9. The van der Waals surface area contributed by atoms with Gasteiger partial charge in [0.25, 0.3) is 0 Å². The number of carbonyl (C=O) groups excluding carboxylic acids is 1. The first kappa shape index (κ1) is 22.7. The average molecular weight is 482 g/mol. The van der Waals surface area contributed by atoms with Gasteiger partial charge in [0.2, 0.25) is 5.78 Å². The van der Waals surface area contributed by atoms with Crippen molar-refractivity contribution in [2.45, 2.75) is 19.3 Å². The van der Waals surface area contributed by atoms with Crippen molar-refractivity contribution in [1.29, 1.82) is 0 Å². The van der Waals surface area contributed by atoms with Crippen LogP contribution in [0.1, 0.15) is 29.8 Å². The van der Waals surface area contributed by atoms with E-state index in [1.165, 1.54) is 13.5 Å². The van der Waals surface area contributed by atoms with Crippen LogP contribution in [0.15, 0.2) is 53.7 Å². The molecule has 0 bridgehead atoms. The molecule has 4 rings (SSSR count). The fourth-order valence-corrected chi connectivity index (χ4v) is 4.17. The van der Waals surface area contributed by atoms with E-state index < -0.39 is 0 Å². The Morgan fingerprint density at radius 1 is 1.18 bits per heavy atom.